The van der Waals surface area contributed by atoms with Crippen molar-refractivity contribution in [3.05, 3.63) is 71.5 Å². The quantitative estimate of drug-likeness (QED) is 0.0581. The number of hydrogen-bond donors (Lipinski definition) is 4. The number of allylic oxidation sites excluding steroid dienone is 4. The summed E-state index contributed by atoms with van der Waals surface area (Å²) in [7, 11) is -16.7. The van der Waals surface area contributed by atoms with Crippen LogP contribution in [-0.4, -0.2) is 136 Å². The van der Waals surface area contributed by atoms with Gasteiger partial charge in [0.25, 0.3) is 52.3 Å². The zero-order chi connectivity index (χ0) is 52.3. The number of carbonyl (C=O) groups excluding carboxylic acids is 3. The first-order chi connectivity index (χ1) is 32.3. The van der Waals surface area contributed by atoms with Gasteiger partial charge in [0.1, 0.15) is 0 Å². The Hall–Kier alpha value is -4.44. The van der Waals surface area contributed by atoms with Crippen molar-refractivity contribution in [2.45, 2.75) is 119 Å². The van der Waals surface area contributed by atoms with Gasteiger partial charge in [0, 0.05) is 73.5 Å². The number of hydrogen-bond acceptors (Lipinski definition) is 15. The fourth-order valence-electron chi connectivity index (χ4n) is 9.20. The molecule has 3 heterocycles. The maximum atomic E-state index is 12.5. The highest BCUT2D eigenvalue weighted by Crippen LogP contribution is 2.51. The zero-order valence-electron chi connectivity index (χ0n) is 39.9. The lowest BCUT2D eigenvalue weighted by Gasteiger charge is -2.30. The van der Waals surface area contributed by atoms with Gasteiger partial charge in [-0.1, -0.05) is 13.0 Å². The maximum Gasteiger partial charge on any atom is 0.333 e. The third-order valence-corrected chi connectivity index (χ3v) is 16.2. The van der Waals surface area contributed by atoms with Crippen molar-refractivity contribution in [2.75, 3.05) is 49.8 Å². The van der Waals surface area contributed by atoms with Crippen LogP contribution in [0.25, 0.3) is 0 Å². The van der Waals surface area contributed by atoms with Gasteiger partial charge in [0.05, 0.1) is 45.3 Å². The Bertz CT molecular complexity index is 2900. The molecular formula is C45H62N3O18S4+. The minimum atomic E-state index is -4.73. The number of nitrogens with zero attached hydrogens (tertiary/aromatic N) is 3. The summed E-state index contributed by atoms with van der Waals surface area (Å²) < 4.78 is 151. The second-order valence-electron chi connectivity index (χ2n) is 18.8. The number of ether oxygens (including phenoxy) is 2. The predicted octanol–water partition coefficient (Wildman–Crippen LogP) is 4.95. The molecule has 21 nitrogen and oxygen atoms in total. The molecule has 0 saturated carbocycles. The summed E-state index contributed by atoms with van der Waals surface area (Å²) >= 11 is 0. The van der Waals surface area contributed by atoms with Gasteiger partial charge in [0.15, 0.2) is 12.3 Å². The molecule has 25 heteroatoms. The number of carbonyl (C=O) groups is 3. The molecule has 3 aliphatic heterocycles. The zero-order valence-corrected chi connectivity index (χ0v) is 43.1. The van der Waals surface area contributed by atoms with E-state index in [0.29, 0.717) is 45.4 Å². The predicted molar refractivity (Wildman–Crippen MR) is 255 cm³/mol. The summed E-state index contributed by atoms with van der Waals surface area (Å²) in [5.74, 6) is -3.33. The van der Waals surface area contributed by atoms with Crippen LogP contribution in [0, 0.1) is 5.92 Å². The first kappa shape index (κ1) is 56.5. The Morgan fingerprint density at radius 2 is 1.39 bits per heavy atom. The lowest BCUT2D eigenvalue weighted by molar-refractivity contribution is -0.446. The first-order valence-electron chi connectivity index (χ1n) is 22.4. The van der Waals surface area contributed by atoms with Gasteiger partial charge in [-0.3, -0.25) is 27.8 Å². The molecule has 2 amide bonds. The molecule has 0 bridgehead atoms. The van der Waals surface area contributed by atoms with E-state index >= 15 is 0 Å². The molecule has 5 rings (SSSR count). The number of fused-ring (bicyclic) bond motifs is 2. The summed E-state index contributed by atoms with van der Waals surface area (Å²) in [6.45, 7) is 9.97. The molecule has 4 N–H and O–H groups in total. The number of anilines is 1. The molecule has 2 aromatic carbocycles. The van der Waals surface area contributed by atoms with Crippen molar-refractivity contribution in [1.29, 1.82) is 0 Å². The Morgan fingerprint density at radius 1 is 0.829 bits per heavy atom. The average Bonchev–Trinajstić information content (AvgIpc) is 3.76. The summed E-state index contributed by atoms with van der Waals surface area (Å²) in [5.41, 5.74) is -0.0486. The fourth-order valence-corrected chi connectivity index (χ4v) is 11.2. The molecule has 0 aliphatic carbocycles. The number of benzene rings is 2. The lowest BCUT2D eigenvalue weighted by atomic mass is 9.75. The van der Waals surface area contributed by atoms with E-state index in [9.17, 15) is 66.3 Å². The van der Waals surface area contributed by atoms with Crippen LogP contribution in [0.15, 0.2) is 70.1 Å². The summed E-state index contributed by atoms with van der Waals surface area (Å²) in [6.07, 6.45) is 5.64. The molecular weight excluding hydrogens is 999 g/mol. The molecule has 70 heavy (non-hydrogen) atoms. The molecule has 1 saturated heterocycles. The number of hydroxylamine groups is 2. The van der Waals surface area contributed by atoms with Crippen LogP contribution in [0.2, 0.25) is 0 Å². The van der Waals surface area contributed by atoms with Crippen LogP contribution < -0.4 is 4.90 Å². The van der Waals surface area contributed by atoms with Gasteiger partial charge in [-0.25, -0.2) is 4.79 Å². The Balaban J connectivity index is 1.55. The standard InChI is InChI=1S/C45H61N3O18S4/c1-31(19-24-65-43(2,3)22-18-42(51)66-48-40(49)16-17-41(48)50)30-47-37-15-13-33(70(61,62)63)29-35(37)45(5,21-9-27-68(55,56)57)39(47)11-7-10-38-44(4,20-8-26-67(52,53)54)34-28-32(69(58,59)60)12-14-36(34)46(38)23-25-64-6/h7,10-15,28-29,31H,8-9,16-27,30H2,1-6H3,(H3-,52,53,54,55,56,57,58,59,60,61,62,63)/p+1. The van der Waals surface area contributed by atoms with Crippen LogP contribution in [0.5, 0.6) is 0 Å². The highest BCUT2D eigenvalue weighted by atomic mass is 32.2. The third-order valence-electron chi connectivity index (χ3n) is 12.9. The van der Waals surface area contributed by atoms with Crippen molar-refractivity contribution >= 4 is 75.3 Å². The number of imide groups is 1. The van der Waals surface area contributed by atoms with Crippen molar-refractivity contribution in [2.24, 2.45) is 5.92 Å². The molecule has 3 aliphatic rings. The summed E-state index contributed by atoms with van der Waals surface area (Å²) in [6, 6.07) is 8.17. The van der Waals surface area contributed by atoms with Crippen LogP contribution in [-0.2, 0) is 80.0 Å². The first-order valence-corrected chi connectivity index (χ1v) is 28.5. The second-order valence-corrected chi connectivity index (χ2v) is 24.8. The second kappa shape index (κ2) is 21.7. The lowest BCUT2D eigenvalue weighted by Crippen LogP contribution is -2.34. The van der Waals surface area contributed by atoms with Gasteiger partial charge in [0.2, 0.25) is 5.69 Å². The van der Waals surface area contributed by atoms with Crippen molar-refractivity contribution in [1.82, 2.24) is 5.06 Å². The normalized spacial score (nSPS) is 21.1. The number of rotatable bonds is 25. The van der Waals surface area contributed by atoms with Crippen LogP contribution in [0.1, 0.15) is 104 Å². The molecule has 1 fully saturated rings. The van der Waals surface area contributed by atoms with Crippen LogP contribution in [0.3, 0.4) is 0 Å². The third kappa shape index (κ3) is 13.9. The van der Waals surface area contributed by atoms with Crippen molar-refractivity contribution < 1.29 is 85.2 Å². The number of methoxy groups -OCH3 is 1. The van der Waals surface area contributed by atoms with Crippen molar-refractivity contribution in [3.63, 3.8) is 0 Å². The van der Waals surface area contributed by atoms with E-state index in [1.165, 1.54) is 43.5 Å². The molecule has 3 atom stereocenters. The highest BCUT2D eigenvalue weighted by molar-refractivity contribution is 7.86. The molecule has 0 radical (unpaired) electrons. The SMILES string of the molecule is COCCN1C(=CC=CC2=[N+](CC(C)CCOC(C)(C)CCC(=O)ON3C(=O)CCC3=O)c3ccc(S(=O)(=O)O)cc3C2(C)CCCS(=O)(=O)O)C(C)(CCCS(=O)(=O)O)c2cc(S(=O)(=O)O)ccc21. The smallest absolute Gasteiger partial charge is 0.333 e. The van der Waals surface area contributed by atoms with E-state index in [-0.39, 0.29) is 83.6 Å². The Kier molecular flexibility index (Phi) is 17.5. The van der Waals surface area contributed by atoms with Gasteiger partial charge < -0.3 is 19.2 Å². The Labute approximate surface area is 409 Å². The van der Waals surface area contributed by atoms with Gasteiger partial charge in [-0.15, -0.1) is 5.06 Å². The average molecular weight is 1060 g/mol. The number of amides is 2. The van der Waals surface area contributed by atoms with Crippen LogP contribution >= 0.6 is 0 Å². The van der Waals surface area contributed by atoms with Gasteiger partial charge in [-0.2, -0.15) is 38.2 Å². The van der Waals surface area contributed by atoms with E-state index in [0.717, 1.165) is 0 Å². The van der Waals surface area contributed by atoms with E-state index in [4.69, 9.17) is 14.3 Å². The van der Waals surface area contributed by atoms with E-state index in [1.54, 1.807) is 45.9 Å². The fraction of sp³-hybridized carbons (Fsp3) is 0.556. The maximum absolute atomic E-state index is 12.5. The molecule has 0 spiro atoms. The van der Waals surface area contributed by atoms with Gasteiger partial charge >= 0.3 is 5.97 Å². The molecule has 2 aromatic rings. The summed E-state index contributed by atoms with van der Waals surface area (Å²) in [5, 5.41) is 0.485. The van der Waals surface area contributed by atoms with E-state index in [1.807, 2.05) is 16.4 Å². The van der Waals surface area contributed by atoms with Crippen LogP contribution in [0.4, 0.5) is 11.4 Å². The minimum absolute atomic E-state index is 0.0359. The van der Waals surface area contributed by atoms with Gasteiger partial charge in [-0.05, 0) is 108 Å². The largest absolute Gasteiger partial charge is 0.383 e. The summed E-state index contributed by atoms with van der Waals surface area (Å²) in [4.78, 5) is 42.3. The van der Waals surface area contributed by atoms with Crippen molar-refractivity contribution in [3.8, 4) is 0 Å². The Morgan fingerprint density at radius 3 is 1.94 bits per heavy atom. The molecule has 0 aromatic heterocycles. The molecule has 3 unspecified atom stereocenters. The molecule has 388 valence electrons. The monoisotopic (exact) mass is 1060 g/mol. The highest BCUT2D eigenvalue weighted by Gasteiger charge is 2.49. The topological polar surface area (TPSA) is 306 Å². The van der Waals surface area contributed by atoms with E-state index in [2.05, 4.69) is 0 Å². The minimum Gasteiger partial charge on any atom is -0.383 e. The van der Waals surface area contributed by atoms with E-state index < -0.39 is 96.0 Å².